The number of unbranched alkanes of at least 4 members (excludes halogenated alkanes) is 1. The van der Waals surface area contributed by atoms with E-state index in [2.05, 4.69) is 6.92 Å². The molecule has 0 aromatic heterocycles. The molecule has 0 N–H and O–H groups in total. The Labute approximate surface area is 175 Å². The molecule has 2 aliphatic carbocycles. The Morgan fingerprint density at radius 2 is 1.48 bits per heavy atom. The van der Waals surface area contributed by atoms with Crippen molar-refractivity contribution >= 4 is 0 Å². The number of rotatable bonds is 9. The monoisotopic (exact) mass is 414 g/mol. The maximum absolute atomic E-state index is 12.1. The van der Waals surface area contributed by atoms with Gasteiger partial charge in [-0.1, -0.05) is 26.2 Å². The van der Waals surface area contributed by atoms with Gasteiger partial charge in [0.2, 0.25) is 0 Å². The van der Waals surface area contributed by atoms with E-state index < -0.39 is 6.08 Å². The van der Waals surface area contributed by atoms with Crippen LogP contribution in [0.4, 0.5) is 8.78 Å². The van der Waals surface area contributed by atoms with Crippen LogP contribution in [0.1, 0.15) is 84.0 Å². The summed E-state index contributed by atoms with van der Waals surface area (Å²) in [5.41, 5.74) is 0. The van der Waals surface area contributed by atoms with E-state index in [1.807, 2.05) is 0 Å². The number of ether oxygens (including phenoxy) is 3. The van der Waals surface area contributed by atoms with E-state index in [-0.39, 0.29) is 12.4 Å². The summed E-state index contributed by atoms with van der Waals surface area (Å²) in [4.78, 5) is 0. The predicted molar refractivity (Wildman–Crippen MR) is 111 cm³/mol. The second-order valence-corrected chi connectivity index (χ2v) is 9.41. The Morgan fingerprint density at radius 1 is 0.897 bits per heavy atom. The topological polar surface area (TPSA) is 27.7 Å². The Hall–Kier alpha value is -0.520. The van der Waals surface area contributed by atoms with Crippen molar-refractivity contribution in [1.29, 1.82) is 0 Å². The van der Waals surface area contributed by atoms with Crippen LogP contribution < -0.4 is 0 Å². The molecule has 0 atom stereocenters. The van der Waals surface area contributed by atoms with E-state index in [4.69, 9.17) is 14.2 Å². The van der Waals surface area contributed by atoms with Crippen LogP contribution in [0.15, 0.2) is 12.2 Å². The fourth-order valence-electron chi connectivity index (χ4n) is 5.61. The molecule has 1 saturated heterocycles. The van der Waals surface area contributed by atoms with Crippen molar-refractivity contribution in [2.24, 2.45) is 23.7 Å². The second-order valence-electron chi connectivity index (χ2n) is 9.41. The summed E-state index contributed by atoms with van der Waals surface area (Å²) in [7, 11) is 0. The summed E-state index contributed by atoms with van der Waals surface area (Å²) >= 11 is 0. The molecule has 2 saturated carbocycles. The molecule has 0 aromatic carbocycles. The Morgan fingerprint density at radius 3 is 2.07 bits per heavy atom. The van der Waals surface area contributed by atoms with Gasteiger partial charge in [-0.25, -0.2) is 0 Å². The highest BCUT2D eigenvalue weighted by molar-refractivity contribution is 4.84. The largest absolute Gasteiger partial charge is 0.373 e. The summed E-state index contributed by atoms with van der Waals surface area (Å²) in [5, 5.41) is 0. The predicted octanol–water partition coefficient (Wildman–Crippen LogP) is 6.72. The molecule has 0 unspecified atom stereocenters. The van der Waals surface area contributed by atoms with Gasteiger partial charge in [-0.3, -0.25) is 0 Å². The van der Waals surface area contributed by atoms with Gasteiger partial charge >= 0.3 is 0 Å². The average Bonchev–Trinajstić information content (AvgIpc) is 2.76. The average molecular weight is 415 g/mol. The molecule has 5 heteroatoms. The van der Waals surface area contributed by atoms with Crippen LogP contribution in [0.25, 0.3) is 0 Å². The van der Waals surface area contributed by atoms with Crippen molar-refractivity contribution in [3.05, 3.63) is 12.2 Å². The van der Waals surface area contributed by atoms with E-state index >= 15 is 0 Å². The molecular formula is C24H40F2O3. The molecule has 1 heterocycles. The highest BCUT2D eigenvalue weighted by Crippen LogP contribution is 2.43. The molecule has 3 nitrogen and oxygen atoms in total. The lowest BCUT2D eigenvalue weighted by atomic mass is 9.68. The molecule has 3 aliphatic rings. The zero-order valence-corrected chi connectivity index (χ0v) is 18.1. The lowest BCUT2D eigenvalue weighted by Gasteiger charge is -2.41. The minimum Gasteiger partial charge on any atom is -0.373 e. The van der Waals surface area contributed by atoms with E-state index in [1.54, 1.807) is 0 Å². The van der Waals surface area contributed by atoms with Gasteiger partial charge in [0.25, 0.3) is 6.08 Å². The van der Waals surface area contributed by atoms with Crippen LogP contribution in [0.3, 0.4) is 0 Å². The van der Waals surface area contributed by atoms with Gasteiger partial charge in [-0.2, -0.15) is 8.78 Å². The van der Waals surface area contributed by atoms with Crippen molar-refractivity contribution in [3.63, 3.8) is 0 Å². The third-order valence-corrected chi connectivity index (χ3v) is 7.33. The minimum atomic E-state index is -1.53. The van der Waals surface area contributed by atoms with Gasteiger partial charge < -0.3 is 14.2 Å². The van der Waals surface area contributed by atoms with Gasteiger partial charge in [-0.05, 0) is 81.6 Å². The Bertz CT molecular complexity index is 471. The molecule has 3 rings (SSSR count). The molecule has 0 amide bonds. The third-order valence-electron chi connectivity index (χ3n) is 7.33. The molecular weight excluding hydrogens is 374 g/mol. The van der Waals surface area contributed by atoms with E-state index in [9.17, 15) is 8.78 Å². The lowest BCUT2D eigenvalue weighted by Crippen LogP contribution is -2.42. The maximum atomic E-state index is 12.1. The van der Waals surface area contributed by atoms with Crippen LogP contribution >= 0.6 is 0 Å². The normalized spacial score (nSPS) is 36.0. The van der Waals surface area contributed by atoms with Gasteiger partial charge in [-0.15, -0.1) is 0 Å². The summed E-state index contributed by atoms with van der Waals surface area (Å²) in [5.74, 6) is 3.03. The quantitative estimate of drug-likeness (QED) is 0.392. The number of hydrogen-bond donors (Lipinski definition) is 0. The van der Waals surface area contributed by atoms with Crippen LogP contribution in [-0.4, -0.2) is 32.2 Å². The van der Waals surface area contributed by atoms with Crippen molar-refractivity contribution in [3.8, 4) is 0 Å². The first kappa shape index (κ1) is 23.1. The summed E-state index contributed by atoms with van der Waals surface area (Å²) in [6.45, 7) is 4.24. The van der Waals surface area contributed by atoms with E-state index in [0.717, 1.165) is 49.7 Å². The highest BCUT2D eigenvalue weighted by atomic mass is 19.3. The first-order chi connectivity index (χ1) is 14.2. The van der Waals surface area contributed by atoms with Crippen LogP contribution in [0.2, 0.25) is 0 Å². The van der Waals surface area contributed by atoms with Crippen molar-refractivity contribution in [1.82, 2.24) is 0 Å². The molecule has 3 fully saturated rings. The summed E-state index contributed by atoms with van der Waals surface area (Å²) in [6.07, 6.45) is 13.5. The fraction of sp³-hybridized carbons (Fsp3) is 0.917. The summed E-state index contributed by atoms with van der Waals surface area (Å²) in [6, 6.07) is 0. The molecule has 0 bridgehead atoms. The van der Waals surface area contributed by atoms with Gasteiger partial charge in [0.15, 0.2) is 6.29 Å². The lowest BCUT2D eigenvalue weighted by molar-refractivity contribution is -0.250. The number of allylic oxidation sites excluding steroid dienone is 1. The molecule has 0 radical (unpaired) electrons. The second kappa shape index (κ2) is 12.4. The standard InChI is InChI=1S/C24H40F2O3/c1-2-15-27-22-16-28-24(29-17-22)21-13-11-20(12-14-21)19-9-7-18(8-10-19)5-3-4-6-23(25)26/h6,18-22,24H,2-5,7-17H2,1H3. The minimum absolute atomic E-state index is 0.0311. The van der Waals surface area contributed by atoms with E-state index in [1.165, 1.54) is 51.4 Å². The van der Waals surface area contributed by atoms with Gasteiger partial charge in [0, 0.05) is 12.5 Å². The van der Waals surface area contributed by atoms with Gasteiger partial charge in [0.1, 0.15) is 6.10 Å². The molecule has 0 aromatic rings. The van der Waals surface area contributed by atoms with Crippen LogP contribution in [-0.2, 0) is 14.2 Å². The SMILES string of the molecule is CCCOC1COC(C2CCC(C3CCC(CCCC=C(F)F)CC3)CC2)OC1. The molecule has 1 aliphatic heterocycles. The zero-order valence-electron chi connectivity index (χ0n) is 18.1. The van der Waals surface area contributed by atoms with Crippen LogP contribution in [0.5, 0.6) is 0 Å². The fourth-order valence-corrected chi connectivity index (χ4v) is 5.61. The van der Waals surface area contributed by atoms with Crippen molar-refractivity contribution in [2.45, 2.75) is 96.4 Å². The smallest absolute Gasteiger partial charge is 0.266 e. The first-order valence-corrected chi connectivity index (χ1v) is 12.0. The van der Waals surface area contributed by atoms with Gasteiger partial charge in [0.05, 0.1) is 13.2 Å². The zero-order chi connectivity index (χ0) is 20.5. The molecule has 168 valence electrons. The maximum Gasteiger partial charge on any atom is 0.266 e. The van der Waals surface area contributed by atoms with E-state index in [0.29, 0.717) is 25.6 Å². The molecule has 29 heavy (non-hydrogen) atoms. The van der Waals surface area contributed by atoms with Crippen molar-refractivity contribution < 1.29 is 23.0 Å². The van der Waals surface area contributed by atoms with Crippen LogP contribution in [0, 0.1) is 23.7 Å². The highest BCUT2D eigenvalue weighted by Gasteiger charge is 2.35. The van der Waals surface area contributed by atoms with Crippen molar-refractivity contribution in [2.75, 3.05) is 19.8 Å². The Balaban J connectivity index is 1.29. The molecule has 0 spiro atoms. The number of halogens is 2. The first-order valence-electron chi connectivity index (χ1n) is 12.0. The number of hydrogen-bond acceptors (Lipinski definition) is 3. The summed E-state index contributed by atoms with van der Waals surface area (Å²) < 4.78 is 41.9. The third kappa shape index (κ3) is 7.59. The Kier molecular flexibility index (Phi) is 9.87.